The van der Waals surface area contributed by atoms with Gasteiger partial charge in [-0.25, -0.2) is 0 Å². The van der Waals surface area contributed by atoms with Gasteiger partial charge < -0.3 is 5.32 Å². The van der Waals surface area contributed by atoms with Crippen LogP contribution in [0.2, 0.25) is 0 Å². The highest BCUT2D eigenvalue weighted by Gasteiger charge is 2.17. The second-order valence-electron chi connectivity index (χ2n) is 5.39. The summed E-state index contributed by atoms with van der Waals surface area (Å²) in [4.78, 5) is 0. The molecule has 2 heteroatoms. The summed E-state index contributed by atoms with van der Waals surface area (Å²) in [6.45, 7) is 8.18. The van der Waals surface area contributed by atoms with Crippen LogP contribution in [0.4, 0.5) is 0 Å². The molecule has 1 nitrogen and oxygen atoms in total. The van der Waals surface area contributed by atoms with Gasteiger partial charge in [-0.3, -0.25) is 0 Å². The maximum atomic E-state index is 3.70. The molecule has 1 rings (SSSR count). The van der Waals surface area contributed by atoms with Crippen LogP contribution >= 0.6 is 11.8 Å². The van der Waals surface area contributed by atoms with Gasteiger partial charge in [0.25, 0.3) is 0 Å². The Bertz CT molecular complexity index is 159. The van der Waals surface area contributed by atoms with Gasteiger partial charge in [-0.1, -0.05) is 33.6 Å². The maximum Gasteiger partial charge on any atom is 0.00699 e. The van der Waals surface area contributed by atoms with E-state index in [4.69, 9.17) is 0 Å². The monoisotopic (exact) mass is 229 g/mol. The van der Waals surface area contributed by atoms with Crippen molar-refractivity contribution in [1.29, 1.82) is 0 Å². The number of nitrogens with one attached hydrogen (secondary N) is 1. The molecule has 1 saturated carbocycles. The second kappa shape index (κ2) is 7.56. The fourth-order valence-electron chi connectivity index (χ4n) is 2.27. The van der Waals surface area contributed by atoms with E-state index >= 15 is 0 Å². The molecule has 2 atom stereocenters. The minimum Gasteiger partial charge on any atom is -0.313 e. The molecule has 0 heterocycles. The summed E-state index contributed by atoms with van der Waals surface area (Å²) in [6.07, 6.45) is 5.67. The number of thioether (sulfide) groups is 1. The Hall–Kier alpha value is 0.310. The molecule has 0 aromatic carbocycles. The lowest BCUT2D eigenvalue weighted by atomic mass is 9.87. The first-order valence-corrected chi connectivity index (χ1v) is 7.65. The molecular formula is C13H27NS. The molecule has 0 aromatic heterocycles. The topological polar surface area (TPSA) is 12.0 Å². The third-order valence-electron chi connectivity index (χ3n) is 3.07. The van der Waals surface area contributed by atoms with Gasteiger partial charge in [-0.15, -0.1) is 0 Å². The van der Waals surface area contributed by atoms with Crippen LogP contribution in [0, 0.1) is 11.8 Å². The molecule has 0 radical (unpaired) electrons. The highest BCUT2D eigenvalue weighted by Crippen LogP contribution is 2.23. The zero-order valence-electron chi connectivity index (χ0n) is 10.6. The quantitative estimate of drug-likeness (QED) is 0.699. The van der Waals surface area contributed by atoms with Crippen LogP contribution in [0.1, 0.15) is 46.5 Å². The smallest absolute Gasteiger partial charge is 0.00699 e. The molecule has 2 unspecified atom stereocenters. The van der Waals surface area contributed by atoms with Crippen molar-refractivity contribution in [2.75, 3.05) is 18.1 Å². The standard InChI is InChI=1S/C13H27NS/c1-11(2)10-15-8-7-14-13-6-4-5-12(3)9-13/h11-14H,4-10H2,1-3H3. The van der Waals surface area contributed by atoms with Crippen LogP contribution in [0.15, 0.2) is 0 Å². The second-order valence-corrected chi connectivity index (χ2v) is 6.54. The molecule has 0 aliphatic heterocycles. The van der Waals surface area contributed by atoms with Crippen molar-refractivity contribution < 1.29 is 0 Å². The fraction of sp³-hybridized carbons (Fsp3) is 1.00. The van der Waals surface area contributed by atoms with Crippen LogP contribution in [0.5, 0.6) is 0 Å². The predicted molar refractivity (Wildman–Crippen MR) is 71.6 cm³/mol. The van der Waals surface area contributed by atoms with Crippen molar-refractivity contribution in [3.05, 3.63) is 0 Å². The van der Waals surface area contributed by atoms with Gasteiger partial charge in [0.2, 0.25) is 0 Å². The third kappa shape index (κ3) is 6.47. The van der Waals surface area contributed by atoms with Gasteiger partial charge in [0.05, 0.1) is 0 Å². The Labute approximate surface area is 99.8 Å². The fourth-order valence-corrected chi connectivity index (χ4v) is 3.17. The Morgan fingerprint density at radius 2 is 2.13 bits per heavy atom. The van der Waals surface area contributed by atoms with E-state index < -0.39 is 0 Å². The molecule has 1 fully saturated rings. The molecule has 0 spiro atoms. The molecule has 15 heavy (non-hydrogen) atoms. The summed E-state index contributed by atoms with van der Waals surface area (Å²) in [5, 5.41) is 3.70. The highest BCUT2D eigenvalue weighted by atomic mass is 32.2. The summed E-state index contributed by atoms with van der Waals surface area (Å²) >= 11 is 2.09. The summed E-state index contributed by atoms with van der Waals surface area (Å²) in [7, 11) is 0. The minimum absolute atomic E-state index is 0.813. The molecule has 0 bridgehead atoms. The highest BCUT2D eigenvalue weighted by molar-refractivity contribution is 7.99. The molecule has 1 aliphatic carbocycles. The van der Waals surface area contributed by atoms with Crippen molar-refractivity contribution in [3.8, 4) is 0 Å². The van der Waals surface area contributed by atoms with E-state index in [1.54, 1.807) is 0 Å². The summed E-state index contributed by atoms with van der Waals surface area (Å²) in [6, 6.07) is 0.813. The van der Waals surface area contributed by atoms with E-state index in [0.29, 0.717) is 0 Å². The lowest BCUT2D eigenvalue weighted by molar-refractivity contribution is 0.306. The van der Waals surface area contributed by atoms with Crippen LogP contribution < -0.4 is 5.32 Å². The van der Waals surface area contributed by atoms with Crippen molar-refractivity contribution >= 4 is 11.8 Å². The van der Waals surface area contributed by atoms with Crippen LogP contribution in [0.25, 0.3) is 0 Å². The predicted octanol–water partition coefficient (Wildman–Crippen LogP) is 3.54. The first-order chi connectivity index (χ1) is 7.18. The van der Waals surface area contributed by atoms with E-state index in [2.05, 4.69) is 37.8 Å². The van der Waals surface area contributed by atoms with Crippen molar-refractivity contribution in [1.82, 2.24) is 5.32 Å². The Balaban J connectivity index is 1.95. The summed E-state index contributed by atoms with van der Waals surface area (Å²) in [5.74, 6) is 4.37. The van der Waals surface area contributed by atoms with Gasteiger partial charge in [-0.2, -0.15) is 11.8 Å². The zero-order valence-corrected chi connectivity index (χ0v) is 11.4. The number of hydrogen-bond donors (Lipinski definition) is 1. The molecule has 1 aliphatic rings. The largest absolute Gasteiger partial charge is 0.313 e. The number of hydrogen-bond acceptors (Lipinski definition) is 2. The summed E-state index contributed by atoms with van der Waals surface area (Å²) in [5.41, 5.74) is 0. The molecular weight excluding hydrogens is 202 g/mol. The first kappa shape index (κ1) is 13.4. The molecule has 0 aromatic rings. The van der Waals surface area contributed by atoms with Crippen molar-refractivity contribution in [2.45, 2.75) is 52.5 Å². The van der Waals surface area contributed by atoms with Gasteiger partial charge in [-0.05, 0) is 30.4 Å². The summed E-state index contributed by atoms with van der Waals surface area (Å²) < 4.78 is 0. The third-order valence-corrected chi connectivity index (χ3v) is 4.46. The van der Waals surface area contributed by atoms with Gasteiger partial charge in [0.15, 0.2) is 0 Å². The van der Waals surface area contributed by atoms with E-state index in [0.717, 1.165) is 17.9 Å². The van der Waals surface area contributed by atoms with Crippen LogP contribution in [0.3, 0.4) is 0 Å². The number of rotatable bonds is 6. The van der Waals surface area contributed by atoms with E-state index in [9.17, 15) is 0 Å². The minimum atomic E-state index is 0.813. The normalized spacial score (nSPS) is 27.2. The lowest BCUT2D eigenvalue weighted by Crippen LogP contribution is -2.34. The zero-order chi connectivity index (χ0) is 11.1. The van der Waals surface area contributed by atoms with Gasteiger partial charge >= 0.3 is 0 Å². The van der Waals surface area contributed by atoms with E-state index in [-0.39, 0.29) is 0 Å². The van der Waals surface area contributed by atoms with Crippen molar-refractivity contribution in [2.24, 2.45) is 11.8 Å². The lowest BCUT2D eigenvalue weighted by Gasteiger charge is -2.27. The molecule has 0 amide bonds. The van der Waals surface area contributed by atoms with E-state index in [1.165, 1.54) is 43.7 Å². The Morgan fingerprint density at radius 1 is 1.33 bits per heavy atom. The average Bonchev–Trinajstić information content (AvgIpc) is 2.17. The van der Waals surface area contributed by atoms with E-state index in [1.807, 2.05) is 0 Å². The van der Waals surface area contributed by atoms with Crippen LogP contribution in [-0.2, 0) is 0 Å². The first-order valence-electron chi connectivity index (χ1n) is 6.49. The molecule has 1 N–H and O–H groups in total. The van der Waals surface area contributed by atoms with Crippen LogP contribution in [-0.4, -0.2) is 24.1 Å². The Kier molecular flexibility index (Phi) is 6.74. The SMILES string of the molecule is CC(C)CSCCNC1CCCC(C)C1. The maximum absolute atomic E-state index is 3.70. The molecule has 0 saturated heterocycles. The van der Waals surface area contributed by atoms with Crippen molar-refractivity contribution in [3.63, 3.8) is 0 Å². The Morgan fingerprint density at radius 3 is 2.80 bits per heavy atom. The molecule has 90 valence electrons. The van der Waals surface area contributed by atoms with Gasteiger partial charge in [0, 0.05) is 18.3 Å². The van der Waals surface area contributed by atoms with Gasteiger partial charge in [0.1, 0.15) is 0 Å². The average molecular weight is 229 g/mol.